The molecule has 1 nitrogen and oxygen atoms in total. The minimum atomic E-state index is 0.586. The van der Waals surface area contributed by atoms with Crippen molar-refractivity contribution in [3.8, 4) is 0 Å². The predicted octanol–water partition coefficient (Wildman–Crippen LogP) is 3.66. The summed E-state index contributed by atoms with van der Waals surface area (Å²) in [7, 11) is 0. The smallest absolute Gasteiger partial charge is 0.0736 e. The second kappa shape index (κ2) is 4.33. The molecule has 0 radical (unpaired) electrons. The summed E-state index contributed by atoms with van der Waals surface area (Å²) in [6.07, 6.45) is 4.12. The van der Waals surface area contributed by atoms with E-state index in [-0.39, 0.29) is 0 Å². The Bertz CT molecular complexity index is 317. The Hall–Kier alpha value is 0.140. The van der Waals surface area contributed by atoms with Gasteiger partial charge in [-0.05, 0) is 59.8 Å². The van der Waals surface area contributed by atoms with Crippen molar-refractivity contribution in [2.24, 2.45) is 11.7 Å². The third-order valence-corrected chi connectivity index (χ3v) is 5.01. The van der Waals surface area contributed by atoms with Crippen LogP contribution in [0.15, 0.2) is 9.85 Å². The second-order valence-electron chi connectivity index (χ2n) is 4.12. The van der Waals surface area contributed by atoms with Crippen molar-refractivity contribution >= 4 is 27.3 Å². The summed E-state index contributed by atoms with van der Waals surface area (Å²) >= 11 is 5.47. The molecule has 0 aromatic carbocycles. The van der Waals surface area contributed by atoms with Crippen molar-refractivity contribution in [2.45, 2.75) is 32.1 Å². The standard InChI is InChI=1S/C11H16BrNS/c1-7-5-9(11(12)14-7)10(6-13)8-3-2-4-8/h5,8,10H,2-4,6,13H2,1H3. The molecule has 78 valence electrons. The Morgan fingerprint density at radius 2 is 2.36 bits per heavy atom. The third-order valence-electron chi connectivity index (χ3n) is 3.21. The Balaban J connectivity index is 2.21. The van der Waals surface area contributed by atoms with Crippen LogP contribution in [-0.4, -0.2) is 6.54 Å². The molecule has 2 rings (SSSR count). The highest BCUT2D eigenvalue weighted by Crippen LogP contribution is 2.43. The van der Waals surface area contributed by atoms with Gasteiger partial charge in [0.25, 0.3) is 0 Å². The Labute approximate surface area is 97.8 Å². The number of aryl methyl sites for hydroxylation is 1. The predicted molar refractivity (Wildman–Crippen MR) is 65.9 cm³/mol. The van der Waals surface area contributed by atoms with Gasteiger partial charge in [0.1, 0.15) is 0 Å². The molecule has 1 unspecified atom stereocenters. The number of hydrogen-bond donors (Lipinski definition) is 1. The van der Waals surface area contributed by atoms with Crippen LogP contribution in [0.1, 0.15) is 35.6 Å². The van der Waals surface area contributed by atoms with Gasteiger partial charge in [-0.25, -0.2) is 0 Å². The lowest BCUT2D eigenvalue weighted by Crippen LogP contribution is -2.26. The summed E-state index contributed by atoms with van der Waals surface area (Å²) in [5.41, 5.74) is 7.32. The van der Waals surface area contributed by atoms with Gasteiger partial charge in [0, 0.05) is 10.8 Å². The lowest BCUT2D eigenvalue weighted by atomic mass is 9.73. The number of nitrogens with two attached hydrogens (primary N) is 1. The van der Waals surface area contributed by atoms with E-state index in [2.05, 4.69) is 28.9 Å². The molecule has 3 heteroatoms. The highest BCUT2D eigenvalue weighted by atomic mass is 79.9. The Kier molecular flexibility index (Phi) is 3.30. The summed E-state index contributed by atoms with van der Waals surface area (Å²) in [6.45, 7) is 2.95. The zero-order valence-electron chi connectivity index (χ0n) is 8.42. The van der Waals surface area contributed by atoms with Crippen LogP contribution in [0.4, 0.5) is 0 Å². The van der Waals surface area contributed by atoms with E-state index in [4.69, 9.17) is 5.73 Å². The number of thiophene rings is 1. The van der Waals surface area contributed by atoms with Crippen LogP contribution in [0.2, 0.25) is 0 Å². The van der Waals surface area contributed by atoms with E-state index in [0.29, 0.717) is 5.92 Å². The molecule has 1 aromatic rings. The largest absolute Gasteiger partial charge is 0.330 e. The van der Waals surface area contributed by atoms with Crippen molar-refractivity contribution in [2.75, 3.05) is 6.54 Å². The van der Waals surface area contributed by atoms with Crippen molar-refractivity contribution in [3.05, 3.63) is 20.3 Å². The fraction of sp³-hybridized carbons (Fsp3) is 0.636. The van der Waals surface area contributed by atoms with Crippen molar-refractivity contribution < 1.29 is 0 Å². The molecule has 0 amide bonds. The first-order valence-electron chi connectivity index (χ1n) is 5.18. The minimum absolute atomic E-state index is 0.586. The normalized spacial score (nSPS) is 19.4. The maximum atomic E-state index is 5.88. The van der Waals surface area contributed by atoms with E-state index in [1.807, 2.05) is 11.3 Å². The van der Waals surface area contributed by atoms with Crippen LogP contribution in [-0.2, 0) is 0 Å². The minimum Gasteiger partial charge on any atom is -0.330 e. The van der Waals surface area contributed by atoms with Gasteiger partial charge in [0.05, 0.1) is 3.79 Å². The molecule has 1 saturated carbocycles. The van der Waals surface area contributed by atoms with E-state index >= 15 is 0 Å². The van der Waals surface area contributed by atoms with Gasteiger partial charge >= 0.3 is 0 Å². The number of rotatable bonds is 3. The summed E-state index contributed by atoms with van der Waals surface area (Å²) in [5.74, 6) is 1.42. The second-order valence-corrected chi connectivity index (χ2v) is 6.69. The van der Waals surface area contributed by atoms with Gasteiger partial charge in [-0.3, -0.25) is 0 Å². The molecule has 0 spiro atoms. The maximum Gasteiger partial charge on any atom is 0.0736 e. The topological polar surface area (TPSA) is 26.0 Å². The van der Waals surface area contributed by atoms with Gasteiger partial charge in [0.15, 0.2) is 0 Å². The molecule has 2 N–H and O–H groups in total. The van der Waals surface area contributed by atoms with Gasteiger partial charge < -0.3 is 5.73 Å². The van der Waals surface area contributed by atoms with Crippen LogP contribution in [0.25, 0.3) is 0 Å². The first-order valence-corrected chi connectivity index (χ1v) is 6.79. The van der Waals surface area contributed by atoms with Gasteiger partial charge in [-0.2, -0.15) is 0 Å². The highest BCUT2D eigenvalue weighted by molar-refractivity contribution is 9.11. The summed E-state index contributed by atoms with van der Waals surface area (Å²) < 4.78 is 1.29. The van der Waals surface area contributed by atoms with E-state index < -0.39 is 0 Å². The lowest BCUT2D eigenvalue weighted by Gasteiger charge is -2.33. The molecule has 0 aliphatic heterocycles. The van der Waals surface area contributed by atoms with Crippen LogP contribution < -0.4 is 5.73 Å². The molecule has 14 heavy (non-hydrogen) atoms. The average Bonchev–Trinajstić information content (AvgIpc) is 2.37. The highest BCUT2D eigenvalue weighted by Gasteiger charge is 2.29. The van der Waals surface area contributed by atoms with Crippen molar-refractivity contribution in [1.82, 2.24) is 0 Å². The third kappa shape index (κ3) is 1.90. The Morgan fingerprint density at radius 1 is 1.64 bits per heavy atom. The summed E-state index contributed by atoms with van der Waals surface area (Å²) in [6, 6.07) is 2.30. The molecule has 1 aliphatic rings. The molecule has 1 heterocycles. The van der Waals surface area contributed by atoms with Crippen molar-refractivity contribution in [3.63, 3.8) is 0 Å². The van der Waals surface area contributed by atoms with Gasteiger partial charge in [-0.1, -0.05) is 6.42 Å². The summed E-state index contributed by atoms with van der Waals surface area (Å²) in [5, 5.41) is 0. The number of halogens is 1. The molecule has 1 aromatic heterocycles. The molecular weight excluding hydrogens is 258 g/mol. The number of hydrogen-bond acceptors (Lipinski definition) is 2. The van der Waals surface area contributed by atoms with Crippen LogP contribution >= 0.6 is 27.3 Å². The molecule has 0 bridgehead atoms. The first kappa shape index (κ1) is 10.7. The summed E-state index contributed by atoms with van der Waals surface area (Å²) in [4.78, 5) is 1.38. The average molecular weight is 274 g/mol. The molecular formula is C11H16BrNS. The van der Waals surface area contributed by atoms with Gasteiger partial charge in [-0.15, -0.1) is 11.3 Å². The maximum absolute atomic E-state index is 5.88. The fourth-order valence-corrected chi connectivity index (χ4v) is 4.15. The quantitative estimate of drug-likeness (QED) is 0.894. The molecule has 1 atom stereocenters. The van der Waals surface area contributed by atoms with Crippen molar-refractivity contribution in [1.29, 1.82) is 0 Å². The molecule has 1 fully saturated rings. The Morgan fingerprint density at radius 3 is 2.71 bits per heavy atom. The van der Waals surface area contributed by atoms with Crippen LogP contribution in [0.3, 0.4) is 0 Å². The molecule has 0 saturated heterocycles. The monoisotopic (exact) mass is 273 g/mol. The van der Waals surface area contributed by atoms with E-state index in [0.717, 1.165) is 12.5 Å². The zero-order valence-corrected chi connectivity index (χ0v) is 10.8. The molecule has 1 aliphatic carbocycles. The van der Waals surface area contributed by atoms with Gasteiger partial charge in [0.2, 0.25) is 0 Å². The van der Waals surface area contributed by atoms with Crippen LogP contribution in [0.5, 0.6) is 0 Å². The van der Waals surface area contributed by atoms with E-state index in [9.17, 15) is 0 Å². The fourth-order valence-electron chi connectivity index (χ4n) is 2.17. The lowest BCUT2D eigenvalue weighted by molar-refractivity contribution is 0.264. The zero-order chi connectivity index (χ0) is 10.1. The van der Waals surface area contributed by atoms with Crippen LogP contribution in [0, 0.1) is 12.8 Å². The van der Waals surface area contributed by atoms with E-state index in [1.165, 1.54) is 33.5 Å². The first-order chi connectivity index (χ1) is 6.72. The van der Waals surface area contributed by atoms with E-state index in [1.54, 1.807) is 0 Å². The SMILES string of the molecule is Cc1cc(C(CN)C2CCC2)c(Br)s1.